The van der Waals surface area contributed by atoms with Crippen LogP contribution in [0.25, 0.3) is 0 Å². The monoisotopic (exact) mass is 317 g/mol. The van der Waals surface area contributed by atoms with Crippen LogP contribution in [0.2, 0.25) is 0 Å². The zero-order valence-electron chi connectivity index (χ0n) is 12.6. The summed E-state index contributed by atoms with van der Waals surface area (Å²) in [6.07, 6.45) is 1.01. The fraction of sp³-hybridized carbons (Fsp3) is 0.571. The maximum absolute atomic E-state index is 13.7. The van der Waals surface area contributed by atoms with Crippen LogP contribution >= 0.6 is 0 Å². The van der Waals surface area contributed by atoms with Crippen molar-refractivity contribution < 1.29 is 12.8 Å². The molecule has 7 heteroatoms. The first kappa shape index (κ1) is 18.0. The molecule has 0 heterocycles. The summed E-state index contributed by atoms with van der Waals surface area (Å²) in [6, 6.07) is 3.89. The molecule has 0 saturated carbocycles. The molecule has 1 aromatic rings. The zero-order chi connectivity index (χ0) is 15.9. The van der Waals surface area contributed by atoms with E-state index in [2.05, 4.69) is 16.5 Å². The van der Waals surface area contributed by atoms with Gasteiger partial charge in [0.05, 0.1) is 0 Å². The molecule has 0 spiro atoms. The molecule has 0 radical (unpaired) electrons. The fourth-order valence-corrected chi connectivity index (χ4v) is 3.19. The summed E-state index contributed by atoms with van der Waals surface area (Å²) in [7, 11) is -3.85. The lowest BCUT2D eigenvalue weighted by molar-refractivity contribution is 0.293. The van der Waals surface area contributed by atoms with E-state index in [9.17, 15) is 12.8 Å². The lowest BCUT2D eigenvalue weighted by Gasteiger charge is -2.19. The van der Waals surface area contributed by atoms with Crippen LogP contribution in [0, 0.1) is 5.82 Å². The summed E-state index contributed by atoms with van der Waals surface area (Å²) in [5.41, 5.74) is 6.04. The van der Waals surface area contributed by atoms with Crippen LogP contribution in [-0.2, 0) is 16.6 Å². The molecule has 0 fully saturated rings. The Bertz CT molecular complexity index is 549. The Balaban J connectivity index is 2.73. The number of halogens is 1. The zero-order valence-corrected chi connectivity index (χ0v) is 13.4. The minimum absolute atomic E-state index is 0.170. The van der Waals surface area contributed by atoms with E-state index < -0.39 is 15.8 Å². The van der Waals surface area contributed by atoms with Crippen LogP contribution in [0.4, 0.5) is 4.39 Å². The molecule has 0 saturated heterocycles. The van der Waals surface area contributed by atoms with Gasteiger partial charge in [0.25, 0.3) is 0 Å². The standard InChI is InChI=1S/C14H24FN3O2S/c1-3-8-18(4-2)9-7-17-21(19,20)14-10-12(11-16)5-6-13(14)15/h5-6,10,17H,3-4,7-9,11,16H2,1-2H3. The highest BCUT2D eigenvalue weighted by molar-refractivity contribution is 7.89. The molecule has 0 aliphatic heterocycles. The number of likely N-dealkylation sites (N-methyl/N-ethyl adjacent to an activating group) is 1. The first-order chi connectivity index (χ1) is 9.94. The van der Waals surface area contributed by atoms with Crippen molar-refractivity contribution in [3.63, 3.8) is 0 Å². The summed E-state index contributed by atoms with van der Waals surface area (Å²) < 4.78 is 40.4. The van der Waals surface area contributed by atoms with Crippen molar-refractivity contribution in [2.24, 2.45) is 5.73 Å². The SMILES string of the molecule is CCCN(CC)CCNS(=O)(=O)c1cc(CN)ccc1F. The van der Waals surface area contributed by atoms with E-state index in [0.29, 0.717) is 12.1 Å². The third-order valence-electron chi connectivity index (χ3n) is 3.23. The van der Waals surface area contributed by atoms with Gasteiger partial charge in [0.2, 0.25) is 10.0 Å². The van der Waals surface area contributed by atoms with Gasteiger partial charge < -0.3 is 10.6 Å². The van der Waals surface area contributed by atoms with Crippen molar-refractivity contribution in [3.05, 3.63) is 29.6 Å². The van der Waals surface area contributed by atoms with Gasteiger partial charge in [0.15, 0.2) is 0 Å². The minimum Gasteiger partial charge on any atom is -0.326 e. The van der Waals surface area contributed by atoms with E-state index in [-0.39, 0.29) is 18.0 Å². The van der Waals surface area contributed by atoms with Gasteiger partial charge in [0.1, 0.15) is 10.7 Å². The second-order valence-corrected chi connectivity index (χ2v) is 6.54. The molecule has 21 heavy (non-hydrogen) atoms. The lowest BCUT2D eigenvalue weighted by atomic mass is 10.2. The molecule has 0 aromatic heterocycles. The number of rotatable bonds is 9. The van der Waals surface area contributed by atoms with Gasteiger partial charge in [0, 0.05) is 19.6 Å². The molecule has 1 aromatic carbocycles. The van der Waals surface area contributed by atoms with Gasteiger partial charge in [-0.05, 0) is 37.2 Å². The average Bonchev–Trinajstić information content (AvgIpc) is 2.46. The highest BCUT2D eigenvalue weighted by Gasteiger charge is 2.19. The van der Waals surface area contributed by atoms with Crippen molar-refractivity contribution in [3.8, 4) is 0 Å². The molecular weight excluding hydrogens is 293 g/mol. The first-order valence-electron chi connectivity index (χ1n) is 7.15. The number of hydrogen-bond acceptors (Lipinski definition) is 4. The minimum atomic E-state index is -3.85. The maximum atomic E-state index is 13.7. The van der Waals surface area contributed by atoms with E-state index in [1.807, 2.05) is 6.92 Å². The van der Waals surface area contributed by atoms with Crippen LogP contribution in [0.1, 0.15) is 25.8 Å². The fourth-order valence-electron chi connectivity index (χ4n) is 2.04. The Morgan fingerprint density at radius 2 is 2.00 bits per heavy atom. The summed E-state index contributed by atoms with van der Waals surface area (Å²) in [5.74, 6) is -0.763. The van der Waals surface area contributed by atoms with Crippen molar-refractivity contribution in [2.45, 2.75) is 31.7 Å². The second-order valence-electron chi connectivity index (χ2n) is 4.80. The number of nitrogens with two attached hydrogens (primary N) is 1. The number of sulfonamides is 1. The Labute approximate surface area is 126 Å². The molecule has 0 atom stereocenters. The molecule has 120 valence electrons. The van der Waals surface area contributed by atoms with Crippen LogP contribution < -0.4 is 10.5 Å². The summed E-state index contributed by atoms with van der Waals surface area (Å²) in [6.45, 7) is 6.88. The van der Waals surface area contributed by atoms with Crippen LogP contribution in [0.15, 0.2) is 23.1 Å². The molecular formula is C14H24FN3O2S. The molecule has 0 aliphatic carbocycles. The Kier molecular flexibility index (Phi) is 7.24. The van der Waals surface area contributed by atoms with Crippen molar-refractivity contribution in [1.29, 1.82) is 0 Å². The second kappa shape index (κ2) is 8.43. The molecule has 5 nitrogen and oxygen atoms in total. The molecule has 0 aliphatic rings. The van der Waals surface area contributed by atoms with Gasteiger partial charge in [-0.1, -0.05) is 19.9 Å². The molecule has 3 N–H and O–H groups in total. The molecule has 0 bridgehead atoms. The van der Waals surface area contributed by atoms with Gasteiger partial charge in [-0.15, -0.1) is 0 Å². The Hall–Kier alpha value is -1.02. The van der Waals surface area contributed by atoms with Crippen molar-refractivity contribution in [1.82, 2.24) is 9.62 Å². The first-order valence-corrected chi connectivity index (χ1v) is 8.63. The third kappa shape index (κ3) is 5.35. The number of nitrogens with one attached hydrogen (secondary N) is 1. The number of hydrogen-bond donors (Lipinski definition) is 2. The Morgan fingerprint density at radius 3 is 2.57 bits per heavy atom. The molecule has 1 rings (SSSR count). The van der Waals surface area contributed by atoms with Gasteiger partial charge in [-0.3, -0.25) is 0 Å². The van der Waals surface area contributed by atoms with E-state index in [0.717, 1.165) is 25.6 Å². The lowest BCUT2D eigenvalue weighted by Crippen LogP contribution is -2.35. The van der Waals surface area contributed by atoms with E-state index in [1.54, 1.807) is 0 Å². The van der Waals surface area contributed by atoms with Gasteiger partial charge in [-0.25, -0.2) is 17.5 Å². The van der Waals surface area contributed by atoms with Crippen LogP contribution in [-0.4, -0.2) is 39.5 Å². The molecule has 0 unspecified atom stereocenters. The predicted octanol–water partition coefficient (Wildman–Crippen LogP) is 1.29. The summed E-state index contributed by atoms with van der Waals surface area (Å²) >= 11 is 0. The quantitative estimate of drug-likeness (QED) is 0.720. The van der Waals surface area contributed by atoms with Crippen LogP contribution in [0.3, 0.4) is 0 Å². The smallest absolute Gasteiger partial charge is 0.243 e. The highest BCUT2D eigenvalue weighted by atomic mass is 32.2. The topological polar surface area (TPSA) is 75.4 Å². The predicted molar refractivity (Wildman–Crippen MR) is 81.9 cm³/mol. The average molecular weight is 317 g/mol. The Morgan fingerprint density at radius 1 is 1.29 bits per heavy atom. The van der Waals surface area contributed by atoms with Gasteiger partial charge in [-0.2, -0.15) is 0 Å². The highest BCUT2D eigenvalue weighted by Crippen LogP contribution is 2.16. The normalized spacial score (nSPS) is 12.0. The maximum Gasteiger partial charge on any atom is 0.243 e. The van der Waals surface area contributed by atoms with Crippen molar-refractivity contribution in [2.75, 3.05) is 26.2 Å². The third-order valence-corrected chi connectivity index (χ3v) is 4.70. The summed E-state index contributed by atoms with van der Waals surface area (Å²) in [4.78, 5) is 1.79. The van der Waals surface area contributed by atoms with Crippen LogP contribution in [0.5, 0.6) is 0 Å². The van der Waals surface area contributed by atoms with E-state index in [1.165, 1.54) is 12.1 Å². The van der Waals surface area contributed by atoms with Gasteiger partial charge >= 0.3 is 0 Å². The summed E-state index contributed by atoms with van der Waals surface area (Å²) in [5, 5.41) is 0. The van der Waals surface area contributed by atoms with Crippen molar-refractivity contribution >= 4 is 10.0 Å². The molecule has 0 amide bonds. The number of benzene rings is 1. The largest absolute Gasteiger partial charge is 0.326 e. The van der Waals surface area contributed by atoms with E-state index in [4.69, 9.17) is 5.73 Å². The van der Waals surface area contributed by atoms with E-state index >= 15 is 0 Å². The number of nitrogens with zero attached hydrogens (tertiary/aromatic N) is 1.